The van der Waals surface area contributed by atoms with E-state index in [4.69, 9.17) is 0 Å². The van der Waals surface area contributed by atoms with Gasteiger partial charge in [0.15, 0.2) is 0 Å². The van der Waals surface area contributed by atoms with Crippen LogP contribution in [0, 0.1) is 12.8 Å². The smallest absolute Gasteiger partial charge is 0.251 e. The maximum atomic E-state index is 11.7. The molecule has 2 unspecified atom stereocenters. The van der Waals surface area contributed by atoms with Gasteiger partial charge in [-0.25, -0.2) is 0 Å². The molecule has 0 spiro atoms. The minimum absolute atomic E-state index is 0.0349. The first kappa shape index (κ1) is 14.6. The summed E-state index contributed by atoms with van der Waals surface area (Å²) < 4.78 is 0. The van der Waals surface area contributed by atoms with Crippen LogP contribution in [-0.2, 0) is 0 Å². The van der Waals surface area contributed by atoms with Gasteiger partial charge in [-0.1, -0.05) is 26.3 Å². The number of hydrogen-bond acceptors (Lipinski definition) is 2. The lowest BCUT2D eigenvalue weighted by molar-refractivity contribution is 0.0962. The zero-order chi connectivity index (χ0) is 13.7. The minimum atomic E-state index is -0.0349. The molecule has 0 aliphatic heterocycles. The third-order valence-electron chi connectivity index (χ3n) is 3.69. The molecule has 1 aromatic rings. The highest BCUT2D eigenvalue weighted by atomic mass is 16.1. The van der Waals surface area contributed by atoms with E-state index in [1.807, 2.05) is 25.1 Å². The number of carbonyl (C=O) groups is 1. The fourth-order valence-electron chi connectivity index (χ4n) is 1.91. The third-order valence-corrected chi connectivity index (χ3v) is 3.69. The quantitative estimate of drug-likeness (QED) is 0.840. The number of carbonyl (C=O) groups excluding carboxylic acids is 1. The number of nitrogens with one attached hydrogen (secondary N) is 2. The monoisotopic (exact) mass is 248 g/mol. The van der Waals surface area contributed by atoms with Crippen LogP contribution in [0.5, 0.6) is 0 Å². The van der Waals surface area contributed by atoms with Gasteiger partial charge in [0, 0.05) is 24.3 Å². The molecule has 0 bridgehead atoms. The van der Waals surface area contributed by atoms with Gasteiger partial charge in [-0.3, -0.25) is 4.79 Å². The highest BCUT2D eigenvalue weighted by molar-refractivity contribution is 5.96. The van der Waals surface area contributed by atoms with Gasteiger partial charge in [0.2, 0.25) is 0 Å². The van der Waals surface area contributed by atoms with Crippen molar-refractivity contribution in [2.45, 2.75) is 40.2 Å². The molecule has 2 atom stereocenters. The Hall–Kier alpha value is -1.51. The van der Waals surface area contributed by atoms with Gasteiger partial charge in [-0.05, 0) is 37.5 Å². The summed E-state index contributed by atoms with van der Waals surface area (Å²) in [6.45, 7) is 8.59. The summed E-state index contributed by atoms with van der Waals surface area (Å²) in [4.78, 5) is 11.7. The standard InChI is InChI=1S/C15H24N2O/c1-6-10(2)12(4)17-14-9-7-8-13(11(14)3)15(18)16-5/h7-10,12,17H,6H2,1-5H3,(H,16,18). The van der Waals surface area contributed by atoms with Gasteiger partial charge < -0.3 is 10.6 Å². The Morgan fingerprint density at radius 1 is 1.33 bits per heavy atom. The zero-order valence-corrected chi connectivity index (χ0v) is 12.0. The molecule has 0 radical (unpaired) electrons. The molecule has 0 saturated heterocycles. The molecule has 0 aliphatic carbocycles. The molecule has 2 N–H and O–H groups in total. The predicted octanol–water partition coefficient (Wildman–Crippen LogP) is 3.20. The van der Waals surface area contributed by atoms with Gasteiger partial charge in [0.1, 0.15) is 0 Å². The molecule has 1 amide bonds. The van der Waals surface area contributed by atoms with Gasteiger partial charge in [0.25, 0.3) is 5.91 Å². The van der Waals surface area contributed by atoms with Crippen LogP contribution in [0.1, 0.15) is 43.1 Å². The molecule has 3 nitrogen and oxygen atoms in total. The SMILES string of the molecule is CCC(C)C(C)Nc1cccc(C(=O)NC)c1C. The van der Waals surface area contributed by atoms with Crippen molar-refractivity contribution in [1.82, 2.24) is 5.32 Å². The average Bonchev–Trinajstić information content (AvgIpc) is 2.39. The Morgan fingerprint density at radius 3 is 2.56 bits per heavy atom. The number of anilines is 1. The second-order valence-electron chi connectivity index (χ2n) is 4.88. The lowest BCUT2D eigenvalue weighted by Crippen LogP contribution is -2.25. The van der Waals surface area contributed by atoms with E-state index in [1.165, 1.54) is 0 Å². The predicted molar refractivity (Wildman–Crippen MR) is 77.1 cm³/mol. The Kier molecular flexibility index (Phi) is 5.20. The molecule has 0 aliphatic rings. The van der Waals surface area contributed by atoms with Gasteiger partial charge in [-0.15, -0.1) is 0 Å². The van der Waals surface area contributed by atoms with Crippen molar-refractivity contribution in [3.05, 3.63) is 29.3 Å². The van der Waals surface area contributed by atoms with Crippen LogP contribution in [0.25, 0.3) is 0 Å². The Labute approximate surface area is 110 Å². The number of rotatable bonds is 5. The first-order chi connectivity index (χ1) is 8.51. The number of amides is 1. The van der Waals surface area contributed by atoms with E-state index >= 15 is 0 Å². The molecule has 0 heterocycles. The summed E-state index contributed by atoms with van der Waals surface area (Å²) in [7, 11) is 1.66. The summed E-state index contributed by atoms with van der Waals surface area (Å²) in [6.07, 6.45) is 1.14. The highest BCUT2D eigenvalue weighted by Gasteiger charge is 2.14. The van der Waals surface area contributed by atoms with Crippen LogP contribution in [-0.4, -0.2) is 19.0 Å². The van der Waals surface area contributed by atoms with Crippen molar-refractivity contribution < 1.29 is 4.79 Å². The fraction of sp³-hybridized carbons (Fsp3) is 0.533. The highest BCUT2D eigenvalue weighted by Crippen LogP contribution is 2.22. The van der Waals surface area contributed by atoms with Crippen LogP contribution in [0.3, 0.4) is 0 Å². The number of benzene rings is 1. The van der Waals surface area contributed by atoms with E-state index in [1.54, 1.807) is 7.05 Å². The molecule has 0 saturated carbocycles. The van der Waals surface area contributed by atoms with Crippen molar-refractivity contribution >= 4 is 11.6 Å². The average molecular weight is 248 g/mol. The minimum Gasteiger partial charge on any atom is -0.382 e. The molecule has 100 valence electrons. The van der Waals surface area contributed by atoms with Gasteiger partial charge >= 0.3 is 0 Å². The van der Waals surface area contributed by atoms with Crippen LogP contribution < -0.4 is 10.6 Å². The van der Waals surface area contributed by atoms with E-state index in [9.17, 15) is 4.79 Å². The molecule has 0 aromatic heterocycles. The molecular weight excluding hydrogens is 224 g/mol. The van der Waals surface area contributed by atoms with Crippen molar-refractivity contribution in [3.8, 4) is 0 Å². The van der Waals surface area contributed by atoms with E-state index in [-0.39, 0.29) is 5.91 Å². The summed E-state index contributed by atoms with van der Waals surface area (Å²) in [5.41, 5.74) is 2.79. The van der Waals surface area contributed by atoms with Crippen molar-refractivity contribution in [2.24, 2.45) is 5.92 Å². The lowest BCUT2D eigenvalue weighted by Gasteiger charge is -2.23. The fourth-order valence-corrected chi connectivity index (χ4v) is 1.91. The maximum Gasteiger partial charge on any atom is 0.251 e. The first-order valence-electron chi connectivity index (χ1n) is 6.59. The zero-order valence-electron chi connectivity index (χ0n) is 12.0. The molecule has 1 rings (SSSR count). The largest absolute Gasteiger partial charge is 0.382 e. The Morgan fingerprint density at radius 2 is 2.00 bits per heavy atom. The summed E-state index contributed by atoms with van der Waals surface area (Å²) in [5, 5.41) is 6.17. The van der Waals surface area contributed by atoms with E-state index < -0.39 is 0 Å². The first-order valence-corrected chi connectivity index (χ1v) is 6.59. The van der Waals surface area contributed by atoms with Crippen LogP contribution in [0.15, 0.2) is 18.2 Å². The maximum absolute atomic E-state index is 11.7. The second-order valence-corrected chi connectivity index (χ2v) is 4.88. The third kappa shape index (κ3) is 3.25. The van der Waals surface area contributed by atoms with E-state index in [0.717, 1.165) is 23.2 Å². The molecule has 3 heteroatoms. The van der Waals surface area contributed by atoms with Gasteiger partial charge in [-0.2, -0.15) is 0 Å². The Bertz CT molecular complexity index is 415. The van der Waals surface area contributed by atoms with E-state index in [0.29, 0.717) is 12.0 Å². The number of hydrogen-bond donors (Lipinski definition) is 2. The molecular formula is C15H24N2O. The van der Waals surface area contributed by atoms with Gasteiger partial charge in [0.05, 0.1) is 0 Å². The summed E-state index contributed by atoms with van der Waals surface area (Å²) in [6, 6.07) is 6.20. The van der Waals surface area contributed by atoms with Crippen molar-refractivity contribution in [1.29, 1.82) is 0 Å². The van der Waals surface area contributed by atoms with Crippen LogP contribution >= 0.6 is 0 Å². The normalized spacial score (nSPS) is 13.8. The molecule has 1 aromatic carbocycles. The molecule has 0 fully saturated rings. The topological polar surface area (TPSA) is 41.1 Å². The lowest BCUT2D eigenvalue weighted by atomic mass is 9.99. The summed E-state index contributed by atoms with van der Waals surface area (Å²) in [5.74, 6) is 0.570. The van der Waals surface area contributed by atoms with Crippen LogP contribution in [0.2, 0.25) is 0 Å². The van der Waals surface area contributed by atoms with Crippen LogP contribution in [0.4, 0.5) is 5.69 Å². The molecule has 18 heavy (non-hydrogen) atoms. The van der Waals surface area contributed by atoms with E-state index in [2.05, 4.69) is 31.4 Å². The van der Waals surface area contributed by atoms with Crippen molar-refractivity contribution in [2.75, 3.05) is 12.4 Å². The van der Waals surface area contributed by atoms with Crippen molar-refractivity contribution in [3.63, 3.8) is 0 Å². The Balaban J connectivity index is 2.94. The summed E-state index contributed by atoms with van der Waals surface area (Å²) >= 11 is 0. The second kappa shape index (κ2) is 6.43.